The Morgan fingerprint density at radius 3 is 2.20 bits per heavy atom. The molecule has 220 valence electrons. The highest BCUT2D eigenvalue weighted by atomic mass is 32.2. The molecule has 3 rings (SSSR count). The van der Waals surface area contributed by atoms with Gasteiger partial charge in [0.15, 0.2) is 0 Å². The van der Waals surface area contributed by atoms with Gasteiger partial charge in [0.05, 0.1) is 24.8 Å². The highest BCUT2D eigenvalue weighted by Gasteiger charge is 2.34. The summed E-state index contributed by atoms with van der Waals surface area (Å²) < 4.78 is 40.0. The van der Waals surface area contributed by atoms with Crippen molar-refractivity contribution in [3.63, 3.8) is 0 Å². The number of anilines is 1. The first-order valence-corrected chi connectivity index (χ1v) is 15.0. The molecule has 1 N–H and O–H groups in total. The predicted molar refractivity (Wildman–Crippen MR) is 160 cm³/mol. The number of carbonyl (C=O) groups is 2. The molecule has 0 aliphatic carbocycles. The SMILES string of the molecule is CCCNC(=O)C(CC)N(Cc1ccc(C)cc1)C(=O)CN(c1cc(OC)ccc1OC)S(=O)(=O)c1ccccc1. The quantitative estimate of drug-likeness (QED) is 0.300. The number of hydrogen-bond donors (Lipinski definition) is 1. The van der Waals surface area contributed by atoms with E-state index in [0.717, 1.165) is 21.9 Å². The topological polar surface area (TPSA) is 105 Å². The summed E-state index contributed by atoms with van der Waals surface area (Å²) in [6, 6.07) is 19.5. The lowest BCUT2D eigenvalue weighted by Gasteiger charge is -2.33. The Hall–Kier alpha value is -4.05. The third-order valence-electron chi connectivity index (χ3n) is 6.67. The average molecular weight is 582 g/mol. The van der Waals surface area contributed by atoms with Crippen LogP contribution in [0.15, 0.2) is 77.7 Å². The molecule has 1 unspecified atom stereocenters. The maximum atomic E-state index is 14.2. The monoisotopic (exact) mass is 581 g/mol. The van der Waals surface area contributed by atoms with Crippen LogP contribution < -0.4 is 19.1 Å². The molecule has 0 aliphatic rings. The van der Waals surface area contributed by atoms with Gasteiger partial charge in [0, 0.05) is 19.2 Å². The molecule has 0 heterocycles. The van der Waals surface area contributed by atoms with E-state index >= 15 is 0 Å². The molecule has 0 bridgehead atoms. The first kappa shape index (κ1) is 31.5. The number of aryl methyl sites for hydroxylation is 1. The van der Waals surface area contributed by atoms with Crippen molar-refractivity contribution in [2.24, 2.45) is 0 Å². The minimum atomic E-state index is -4.24. The highest BCUT2D eigenvalue weighted by Crippen LogP contribution is 2.36. The largest absolute Gasteiger partial charge is 0.497 e. The van der Waals surface area contributed by atoms with Crippen LogP contribution in [0.2, 0.25) is 0 Å². The van der Waals surface area contributed by atoms with Crippen LogP contribution in [-0.4, -0.2) is 58.5 Å². The lowest BCUT2D eigenvalue weighted by atomic mass is 10.1. The lowest BCUT2D eigenvalue weighted by Crippen LogP contribution is -2.52. The van der Waals surface area contributed by atoms with E-state index in [1.54, 1.807) is 30.3 Å². The number of benzene rings is 3. The fraction of sp³-hybridized carbons (Fsp3) is 0.355. The lowest BCUT2D eigenvalue weighted by molar-refractivity contribution is -0.140. The van der Waals surface area contributed by atoms with E-state index in [0.29, 0.717) is 18.7 Å². The molecule has 1 atom stereocenters. The summed E-state index contributed by atoms with van der Waals surface area (Å²) in [5.41, 5.74) is 2.02. The molecule has 2 amide bonds. The molecule has 41 heavy (non-hydrogen) atoms. The van der Waals surface area contributed by atoms with Crippen molar-refractivity contribution >= 4 is 27.5 Å². The molecule has 0 spiro atoms. The molecule has 9 nitrogen and oxygen atoms in total. The van der Waals surface area contributed by atoms with E-state index in [2.05, 4.69) is 5.32 Å². The maximum absolute atomic E-state index is 14.2. The van der Waals surface area contributed by atoms with Gasteiger partial charge in [-0.3, -0.25) is 13.9 Å². The number of methoxy groups -OCH3 is 2. The molecule has 0 saturated carbocycles. The Kier molecular flexibility index (Phi) is 11.2. The van der Waals surface area contributed by atoms with Gasteiger partial charge in [-0.05, 0) is 49.6 Å². The van der Waals surface area contributed by atoms with Gasteiger partial charge in [-0.1, -0.05) is 61.9 Å². The van der Waals surface area contributed by atoms with Crippen molar-refractivity contribution in [2.75, 3.05) is 31.6 Å². The summed E-state index contributed by atoms with van der Waals surface area (Å²) in [6.07, 6.45) is 1.09. The second-order valence-electron chi connectivity index (χ2n) is 9.58. The van der Waals surface area contributed by atoms with E-state index in [4.69, 9.17) is 9.47 Å². The second kappa shape index (κ2) is 14.5. The summed E-state index contributed by atoms with van der Waals surface area (Å²) in [7, 11) is -1.34. The molecule has 0 aromatic heterocycles. The number of ether oxygens (including phenoxy) is 2. The van der Waals surface area contributed by atoms with Gasteiger partial charge in [0.2, 0.25) is 11.8 Å². The Balaban J connectivity index is 2.12. The Bertz CT molecular complexity index is 1410. The first-order chi connectivity index (χ1) is 19.7. The zero-order valence-electron chi connectivity index (χ0n) is 24.3. The predicted octanol–water partition coefficient (Wildman–Crippen LogP) is 4.54. The minimum Gasteiger partial charge on any atom is -0.497 e. The number of nitrogens with zero attached hydrogens (tertiary/aromatic N) is 2. The number of carbonyl (C=O) groups excluding carboxylic acids is 2. The Morgan fingerprint density at radius 2 is 1.61 bits per heavy atom. The van der Waals surface area contributed by atoms with Gasteiger partial charge < -0.3 is 19.7 Å². The molecule has 0 radical (unpaired) electrons. The molecule has 0 fully saturated rings. The van der Waals surface area contributed by atoms with Crippen LogP contribution in [0.3, 0.4) is 0 Å². The summed E-state index contributed by atoms with van der Waals surface area (Å²) in [6.45, 7) is 5.78. The van der Waals surface area contributed by atoms with Crippen molar-refractivity contribution in [3.8, 4) is 11.5 Å². The number of sulfonamides is 1. The summed E-state index contributed by atoms with van der Waals surface area (Å²) in [4.78, 5) is 28.8. The number of rotatable bonds is 14. The first-order valence-electron chi connectivity index (χ1n) is 13.6. The second-order valence-corrected chi connectivity index (χ2v) is 11.4. The summed E-state index contributed by atoms with van der Waals surface area (Å²) in [5, 5.41) is 2.89. The van der Waals surface area contributed by atoms with Crippen LogP contribution in [0.4, 0.5) is 5.69 Å². The van der Waals surface area contributed by atoms with Crippen LogP contribution in [-0.2, 0) is 26.2 Å². The van der Waals surface area contributed by atoms with E-state index in [1.807, 2.05) is 45.0 Å². The Morgan fingerprint density at radius 1 is 0.927 bits per heavy atom. The van der Waals surface area contributed by atoms with Crippen LogP contribution in [0, 0.1) is 6.92 Å². The average Bonchev–Trinajstić information content (AvgIpc) is 2.99. The van der Waals surface area contributed by atoms with Crippen molar-refractivity contribution in [3.05, 3.63) is 83.9 Å². The van der Waals surface area contributed by atoms with Gasteiger partial charge in [0.1, 0.15) is 24.1 Å². The molecule has 10 heteroatoms. The zero-order valence-corrected chi connectivity index (χ0v) is 25.1. The molecule has 3 aromatic rings. The van der Waals surface area contributed by atoms with Crippen molar-refractivity contribution < 1.29 is 27.5 Å². The van der Waals surface area contributed by atoms with E-state index < -0.39 is 28.5 Å². The number of hydrogen-bond acceptors (Lipinski definition) is 6. The van der Waals surface area contributed by atoms with Crippen molar-refractivity contribution in [1.82, 2.24) is 10.2 Å². The van der Waals surface area contributed by atoms with Gasteiger partial charge in [-0.15, -0.1) is 0 Å². The van der Waals surface area contributed by atoms with Crippen LogP contribution in [0.25, 0.3) is 0 Å². The zero-order chi connectivity index (χ0) is 30.0. The third-order valence-corrected chi connectivity index (χ3v) is 8.45. The normalized spacial score (nSPS) is 11.8. The van der Waals surface area contributed by atoms with Crippen molar-refractivity contribution in [1.29, 1.82) is 0 Å². The molecule has 0 saturated heterocycles. The van der Waals surface area contributed by atoms with Crippen LogP contribution in [0.1, 0.15) is 37.8 Å². The summed E-state index contributed by atoms with van der Waals surface area (Å²) in [5.74, 6) is -0.181. The minimum absolute atomic E-state index is 0.00971. The van der Waals surface area contributed by atoms with Gasteiger partial charge in [-0.2, -0.15) is 0 Å². The molecular formula is C31H39N3O6S. The molecular weight excluding hydrogens is 542 g/mol. The fourth-order valence-electron chi connectivity index (χ4n) is 4.40. The summed E-state index contributed by atoms with van der Waals surface area (Å²) >= 11 is 0. The van der Waals surface area contributed by atoms with Crippen LogP contribution in [0.5, 0.6) is 11.5 Å². The standard InChI is InChI=1S/C31H39N3O6S/c1-6-19-32-31(36)27(7-2)33(21-24-15-13-23(3)14-16-24)30(35)22-34(41(37,38)26-11-9-8-10-12-26)28-20-25(39-4)17-18-29(28)40-5/h8-18,20,27H,6-7,19,21-22H2,1-5H3,(H,32,36). The van der Waals surface area contributed by atoms with E-state index in [-0.39, 0.29) is 28.8 Å². The van der Waals surface area contributed by atoms with Crippen LogP contribution >= 0.6 is 0 Å². The van der Waals surface area contributed by atoms with E-state index in [1.165, 1.54) is 37.3 Å². The number of amides is 2. The smallest absolute Gasteiger partial charge is 0.264 e. The third kappa shape index (κ3) is 7.79. The van der Waals surface area contributed by atoms with E-state index in [9.17, 15) is 18.0 Å². The molecule has 3 aromatic carbocycles. The Labute approximate surface area is 243 Å². The van der Waals surface area contributed by atoms with Gasteiger partial charge >= 0.3 is 0 Å². The van der Waals surface area contributed by atoms with Crippen molar-refractivity contribution in [2.45, 2.75) is 51.1 Å². The molecule has 0 aliphatic heterocycles. The number of nitrogens with one attached hydrogen (secondary N) is 1. The maximum Gasteiger partial charge on any atom is 0.264 e. The fourth-order valence-corrected chi connectivity index (χ4v) is 5.84. The van der Waals surface area contributed by atoms with Gasteiger partial charge in [0.25, 0.3) is 10.0 Å². The van der Waals surface area contributed by atoms with Gasteiger partial charge in [-0.25, -0.2) is 8.42 Å². The highest BCUT2D eigenvalue weighted by molar-refractivity contribution is 7.92.